The summed E-state index contributed by atoms with van der Waals surface area (Å²) in [5.41, 5.74) is 6.01. The number of benzene rings is 1. The van der Waals surface area contributed by atoms with E-state index in [9.17, 15) is 38.7 Å². The Kier molecular flexibility index (Phi) is 25.4. The minimum Gasteiger partial charge on any atom is -0.481 e. The molecule has 0 bridgehead atoms. The van der Waals surface area contributed by atoms with Crippen LogP contribution in [-0.2, 0) is 49.5 Å². The van der Waals surface area contributed by atoms with E-state index in [0.29, 0.717) is 37.4 Å². The molecule has 1 fully saturated rings. The van der Waals surface area contributed by atoms with Crippen LogP contribution in [0, 0.1) is 23.7 Å². The molecule has 5 amide bonds. The van der Waals surface area contributed by atoms with Gasteiger partial charge in [0.2, 0.25) is 29.5 Å². The zero-order valence-electron chi connectivity index (χ0n) is 40.7. The number of likely N-dealkylation sites (tertiary alicyclic amines) is 1. The first-order valence-electron chi connectivity index (χ1n) is 22.6. The van der Waals surface area contributed by atoms with Crippen molar-refractivity contribution in [2.75, 3.05) is 34.9 Å². The van der Waals surface area contributed by atoms with Gasteiger partial charge in [-0.15, -0.1) is 0 Å². The summed E-state index contributed by atoms with van der Waals surface area (Å²) in [6, 6.07) is 5.66. The molecule has 1 aromatic rings. The molecule has 9 unspecified atom stereocenters. The van der Waals surface area contributed by atoms with Gasteiger partial charge in [-0.25, -0.2) is 4.79 Å². The van der Waals surface area contributed by atoms with Gasteiger partial charge in [0, 0.05) is 53.1 Å². The lowest BCUT2D eigenvalue weighted by Crippen LogP contribution is -2.56. The van der Waals surface area contributed by atoms with Crippen LogP contribution in [0.2, 0.25) is 0 Å². The van der Waals surface area contributed by atoms with E-state index in [-0.39, 0.29) is 66.8 Å². The molecule has 1 heterocycles. The van der Waals surface area contributed by atoms with E-state index in [0.717, 1.165) is 6.42 Å². The molecule has 1 aliphatic rings. The first-order chi connectivity index (χ1) is 29.9. The highest BCUT2D eigenvalue weighted by molar-refractivity contribution is 5.91. The highest BCUT2D eigenvalue weighted by Crippen LogP contribution is 2.30. The number of carbonyl (C=O) groups is 7. The number of amides is 5. The van der Waals surface area contributed by atoms with E-state index in [4.69, 9.17) is 20.3 Å². The largest absolute Gasteiger partial charge is 0.481 e. The van der Waals surface area contributed by atoms with Crippen molar-refractivity contribution in [3.05, 3.63) is 35.9 Å². The Balaban J connectivity index is 0.00000148. The summed E-state index contributed by atoms with van der Waals surface area (Å²) < 4.78 is 11.8. The second-order valence-corrected chi connectivity index (χ2v) is 18.2. The van der Waals surface area contributed by atoms with Crippen LogP contribution in [0.4, 0.5) is 0 Å². The van der Waals surface area contributed by atoms with Crippen molar-refractivity contribution >= 4 is 41.5 Å². The van der Waals surface area contributed by atoms with Gasteiger partial charge in [-0.3, -0.25) is 33.7 Å². The Hall–Kier alpha value is -4.61. The second-order valence-electron chi connectivity index (χ2n) is 18.2. The van der Waals surface area contributed by atoms with Gasteiger partial charge in [0.05, 0.1) is 42.7 Å². The lowest BCUT2D eigenvalue weighted by molar-refractivity contribution is -0.146. The Labute approximate surface area is 381 Å². The predicted octanol–water partition coefficient (Wildman–Crippen LogP) is 3.95. The number of methoxy groups -OCH3 is 2. The fourth-order valence-corrected chi connectivity index (χ4v) is 8.30. The monoisotopic (exact) mass is 905 g/mol. The molecule has 0 spiro atoms. The molecule has 17 heteroatoms. The summed E-state index contributed by atoms with van der Waals surface area (Å²) in [6.45, 7) is 18.3. The number of rotatable bonds is 26. The molecule has 0 saturated carbocycles. The second kappa shape index (κ2) is 28.3. The van der Waals surface area contributed by atoms with Gasteiger partial charge in [0.1, 0.15) is 12.1 Å². The third kappa shape index (κ3) is 18.1. The highest BCUT2D eigenvalue weighted by Gasteiger charge is 2.42. The predicted molar refractivity (Wildman–Crippen MR) is 245 cm³/mol. The first kappa shape index (κ1) is 57.4. The molecular formula is C47H80N6O11. The number of likely N-dealkylation sites (N-methyl/N-ethyl adjacent to an activating group) is 2. The number of aliphatic carboxylic acids is 2. The standard InChI is InChI=1S/C38H60N4O10.C9H20N2O/c1-9-24(4)34(41(6)31(43)20-23(2)3)30(51-7)22-32(44)42-19-13-16-29(42)35(52-8)25(5)36(47)40-28(21-26-14-11-10-12-15-26)37(48)39-27(38(49)50)17-18-33(45)46;1-6(2)8(9(10)12)11(5)7(3)4/h10-12,14-15,23-25,27-30,34-35H,9,13,16-22H2,1-8H3,(H,39,48)(H,40,47)(H,45,46)(H,49,50);6-8H,1-5H3,(H2,10,12). The fraction of sp³-hybridized carbons (Fsp3) is 0.723. The molecule has 1 saturated heterocycles. The average molecular weight is 905 g/mol. The maximum Gasteiger partial charge on any atom is 0.326 e. The Bertz CT molecular complexity index is 1640. The summed E-state index contributed by atoms with van der Waals surface area (Å²) in [5.74, 6) is -4.63. The Morgan fingerprint density at radius 1 is 0.859 bits per heavy atom. The van der Waals surface area contributed by atoms with Gasteiger partial charge in [-0.2, -0.15) is 0 Å². The van der Waals surface area contributed by atoms with E-state index >= 15 is 0 Å². The Morgan fingerprint density at radius 2 is 1.45 bits per heavy atom. The summed E-state index contributed by atoms with van der Waals surface area (Å²) in [6.07, 6.45) is 0.423. The van der Waals surface area contributed by atoms with Crippen LogP contribution in [0.3, 0.4) is 0 Å². The fourth-order valence-electron chi connectivity index (χ4n) is 8.30. The zero-order chi connectivity index (χ0) is 49.0. The summed E-state index contributed by atoms with van der Waals surface area (Å²) in [4.78, 5) is 93.8. The van der Waals surface area contributed by atoms with Gasteiger partial charge in [-0.1, -0.05) is 85.2 Å². The lowest BCUT2D eigenvalue weighted by Gasteiger charge is -2.39. The molecule has 1 aliphatic heterocycles. The normalized spacial score (nSPS) is 17.6. The van der Waals surface area contributed by atoms with Crippen LogP contribution in [0.25, 0.3) is 0 Å². The lowest BCUT2D eigenvalue weighted by atomic mass is 9.90. The number of carbonyl (C=O) groups excluding carboxylic acids is 5. The molecule has 0 aliphatic carbocycles. The number of carboxylic acid groups (broad SMARTS) is 2. The van der Waals surface area contributed by atoms with E-state index in [2.05, 4.69) is 24.5 Å². The van der Waals surface area contributed by atoms with Crippen molar-refractivity contribution in [1.82, 2.24) is 25.3 Å². The van der Waals surface area contributed by atoms with Crippen LogP contribution in [-0.4, -0.2) is 150 Å². The SMILES string of the molecule is CC(C)C(C(N)=O)N(C)C(C)C.CCC(C)C(C(CC(=O)N1CCCC1C(OC)C(C)C(=O)NC(Cc1ccccc1)C(=O)NC(CCC(=O)O)C(=O)O)OC)N(C)C(=O)CC(C)C. The van der Waals surface area contributed by atoms with Crippen molar-refractivity contribution < 1.29 is 53.2 Å². The van der Waals surface area contributed by atoms with Crippen LogP contribution in [0.1, 0.15) is 113 Å². The van der Waals surface area contributed by atoms with Crippen molar-refractivity contribution in [1.29, 1.82) is 0 Å². The van der Waals surface area contributed by atoms with Gasteiger partial charge >= 0.3 is 11.9 Å². The molecule has 6 N–H and O–H groups in total. The molecule has 364 valence electrons. The van der Waals surface area contributed by atoms with Gasteiger partial charge in [0.25, 0.3) is 0 Å². The first-order valence-corrected chi connectivity index (χ1v) is 22.6. The third-order valence-corrected chi connectivity index (χ3v) is 12.2. The molecule has 0 radical (unpaired) electrons. The third-order valence-electron chi connectivity index (χ3n) is 12.2. The van der Waals surface area contributed by atoms with Gasteiger partial charge in [0.15, 0.2) is 0 Å². The minimum atomic E-state index is -1.47. The number of hydrogen-bond acceptors (Lipinski definition) is 10. The smallest absolute Gasteiger partial charge is 0.326 e. The van der Waals surface area contributed by atoms with Crippen molar-refractivity contribution in [2.45, 2.75) is 162 Å². The minimum absolute atomic E-state index is 0.00822. The van der Waals surface area contributed by atoms with Crippen LogP contribution < -0.4 is 16.4 Å². The van der Waals surface area contributed by atoms with E-state index in [1.54, 1.807) is 61.2 Å². The Morgan fingerprint density at radius 3 is 1.91 bits per heavy atom. The number of primary amides is 1. The molecule has 64 heavy (non-hydrogen) atoms. The topological polar surface area (TPSA) is 238 Å². The summed E-state index contributed by atoms with van der Waals surface area (Å²) in [7, 11) is 6.71. The number of nitrogens with zero attached hydrogens (tertiary/aromatic N) is 3. The van der Waals surface area contributed by atoms with E-state index < -0.39 is 66.4 Å². The van der Waals surface area contributed by atoms with E-state index in [1.165, 1.54) is 7.11 Å². The molecule has 0 aromatic heterocycles. The van der Waals surface area contributed by atoms with Crippen molar-refractivity contribution in [2.24, 2.45) is 29.4 Å². The quantitative estimate of drug-likeness (QED) is 0.0889. The highest BCUT2D eigenvalue weighted by atomic mass is 16.5. The van der Waals surface area contributed by atoms with Gasteiger partial charge in [-0.05, 0) is 63.5 Å². The summed E-state index contributed by atoms with van der Waals surface area (Å²) in [5, 5.41) is 23.8. The zero-order valence-corrected chi connectivity index (χ0v) is 40.7. The average Bonchev–Trinajstić information content (AvgIpc) is 3.71. The molecule has 2 rings (SSSR count). The van der Waals surface area contributed by atoms with E-state index in [1.807, 2.05) is 53.5 Å². The maximum atomic E-state index is 14.0. The molecule has 9 atom stereocenters. The molecule has 1 aromatic carbocycles. The van der Waals surface area contributed by atoms with Crippen molar-refractivity contribution in [3.63, 3.8) is 0 Å². The van der Waals surface area contributed by atoms with Crippen LogP contribution in [0.15, 0.2) is 30.3 Å². The van der Waals surface area contributed by atoms with Gasteiger partial charge < -0.3 is 45.9 Å². The summed E-state index contributed by atoms with van der Waals surface area (Å²) >= 11 is 0. The van der Waals surface area contributed by atoms with Crippen LogP contribution in [0.5, 0.6) is 0 Å². The van der Waals surface area contributed by atoms with Crippen molar-refractivity contribution in [3.8, 4) is 0 Å². The van der Waals surface area contributed by atoms with Crippen LogP contribution >= 0.6 is 0 Å². The number of ether oxygens (including phenoxy) is 2. The maximum absolute atomic E-state index is 14.0. The number of carboxylic acids is 2. The number of nitrogens with two attached hydrogens (primary N) is 1. The molecular weight excluding hydrogens is 825 g/mol. The molecule has 17 nitrogen and oxygen atoms in total. The number of nitrogens with one attached hydrogen (secondary N) is 2. The number of hydrogen-bond donors (Lipinski definition) is 5.